The number of primary amides is 1. The molecular weight excluding hydrogens is 408 g/mol. The molecule has 6 N–H and O–H groups in total. The highest BCUT2D eigenvalue weighted by atomic mass is 32.2. The predicted molar refractivity (Wildman–Crippen MR) is 101 cm³/mol. The van der Waals surface area contributed by atoms with Gasteiger partial charge in [0.05, 0.1) is 6.42 Å². The molecule has 12 heteroatoms. The van der Waals surface area contributed by atoms with E-state index < -0.39 is 29.4 Å². The molecule has 3 amide bonds. The van der Waals surface area contributed by atoms with E-state index in [4.69, 9.17) is 11.5 Å². The molecule has 3 rings (SSSR count). The fraction of sp³-hybridized carbons (Fsp3) is 0.375. The molecule has 0 saturated carbocycles. The van der Waals surface area contributed by atoms with Gasteiger partial charge in [0.2, 0.25) is 5.91 Å². The molecule has 0 bridgehead atoms. The van der Waals surface area contributed by atoms with E-state index in [0.717, 1.165) is 14.7 Å². The minimum atomic E-state index is -1.31. The van der Waals surface area contributed by atoms with E-state index >= 15 is 0 Å². The Balaban J connectivity index is 1.66. The maximum absolute atomic E-state index is 12.5. The summed E-state index contributed by atoms with van der Waals surface area (Å²) < 4.78 is 4.66. The van der Waals surface area contributed by atoms with Crippen LogP contribution in [0.3, 0.4) is 0 Å². The van der Waals surface area contributed by atoms with Crippen molar-refractivity contribution in [2.75, 3.05) is 12.4 Å². The molecule has 1 aromatic rings. The molecule has 150 valence electrons. The van der Waals surface area contributed by atoms with Gasteiger partial charge >= 0.3 is 12.1 Å². The van der Waals surface area contributed by atoms with Crippen LogP contribution < -0.4 is 16.8 Å². The Morgan fingerprint density at radius 2 is 2.04 bits per heavy atom. The lowest BCUT2D eigenvalue weighted by Gasteiger charge is -2.49. The third-order valence-electron chi connectivity index (χ3n) is 4.21. The number of aliphatic carboxylic acids is 1. The number of carboxylic acid groups (broad SMARTS) is 1. The lowest BCUT2D eigenvalue weighted by molar-refractivity contribution is -0.150. The van der Waals surface area contributed by atoms with E-state index in [0.29, 0.717) is 6.54 Å². The first-order chi connectivity index (χ1) is 13.3. The van der Waals surface area contributed by atoms with Crippen molar-refractivity contribution in [3.05, 3.63) is 33.2 Å². The van der Waals surface area contributed by atoms with Crippen molar-refractivity contribution in [2.45, 2.75) is 24.4 Å². The van der Waals surface area contributed by atoms with Crippen molar-refractivity contribution in [2.24, 2.45) is 11.5 Å². The summed E-state index contributed by atoms with van der Waals surface area (Å²) in [5.41, 5.74) is 10.5. The van der Waals surface area contributed by atoms with Gasteiger partial charge in [0.1, 0.15) is 23.7 Å². The summed E-state index contributed by atoms with van der Waals surface area (Å²) in [6.07, 6.45) is -0.915. The summed E-state index contributed by atoms with van der Waals surface area (Å²) >= 11 is 2.71. The van der Waals surface area contributed by atoms with Crippen LogP contribution in [0, 0.1) is 0 Å². The molecule has 0 radical (unpaired) electrons. The maximum Gasteiger partial charge on any atom is 0.404 e. The highest BCUT2D eigenvalue weighted by molar-refractivity contribution is 8.00. The summed E-state index contributed by atoms with van der Waals surface area (Å²) in [6.45, 7) is 0.0898. The first-order valence-corrected chi connectivity index (χ1v) is 10.1. The highest BCUT2D eigenvalue weighted by Gasteiger charge is 2.54. The fourth-order valence-corrected chi connectivity index (χ4v) is 5.19. The molecule has 2 aliphatic heterocycles. The lowest BCUT2D eigenvalue weighted by atomic mass is 10.0. The van der Waals surface area contributed by atoms with E-state index in [1.54, 1.807) is 0 Å². The summed E-state index contributed by atoms with van der Waals surface area (Å²) in [7, 11) is 0. The molecule has 1 fully saturated rings. The number of rotatable bonds is 7. The number of fused-ring (bicyclic) bond motifs is 1. The number of carbonyl (C=O) groups excluding carboxylic acids is 3. The van der Waals surface area contributed by atoms with Crippen molar-refractivity contribution in [3.63, 3.8) is 0 Å². The van der Waals surface area contributed by atoms with Crippen LogP contribution in [-0.2, 0) is 32.1 Å². The van der Waals surface area contributed by atoms with Gasteiger partial charge in [-0.05, 0) is 12.1 Å². The Morgan fingerprint density at radius 1 is 1.32 bits per heavy atom. The van der Waals surface area contributed by atoms with Crippen LogP contribution in [0.4, 0.5) is 4.79 Å². The molecule has 2 aliphatic rings. The van der Waals surface area contributed by atoms with Crippen molar-refractivity contribution < 1.29 is 29.0 Å². The number of ether oxygens (including phenoxy) is 1. The molecule has 3 heterocycles. The Kier molecular flexibility index (Phi) is 5.91. The summed E-state index contributed by atoms with van der Waals surface area (Å²) in [5.74, 6) is -1.92. The second kappa shape index (κ2) is 8.20. The van der Waals surface area contributed by atoms with Crippen molar-refractivity contribution in [1.82, 2.24) is 10.2 Å². The molecule has 28 heavy (non-hydrogen) atoms. The van der Waals surface area contributed by atoms with E-state index in [1.165, 1.54) is 23.1 Å². The Bertz CT molecular complexity index is 867. The number of nitrogens with zero attached hydrogens (tertiary/aromatic N) is 1. The molecule has 2 atom stereocenters. The van der Waals surface area contributed by atoms with Gasteiger partial charge in [0.25, 0.3) is 5.91 Å². The molecule has 0 spiro atoms. The molecule has 1 saturated heterocycles. The number of hydrogen-bond donors (Lipinski definition) is 4. The van der Waals surface area contributed by atoms with Gasteiger partial charge in [0.15, 0.2) is 0 Å². The monoisotopic (exact) mass is 426 g/mol. The zero-order valence-corrected chi connectivity index (χ0v) is 16.2. The molecule has 0 unspecified atom stereocenters. The Labute approximate surface area is 167 Å². The lowest BCUT2D eigenvalue weighted by Crippen LogP contribution is -2.70. The van der Waals surface area contributed by atoms with E-state index in [9.17, 15) is 24.3 Å². The van der Waals surface area contributed by atoms with Gasteiger partial charge in [0, 0.05) is 27.6 Å². The van der Waals surface area contributed by atoms with Gasteiger partial charge in [-0.1, -0.05) is 0 Å². The second-order valence-electron chi connectivity index (χ2n) is 6.07. The molecule has 0 aliphatic carbocycles. The highest BCUT2D eigenvalue weighted by Crippen LogP contribution is 2.40. The number of thioether (sulfide) groups is 1. The Hall–Kier alpha value is -2.57. The third kappa shape index (κ3) is 3.98. The first kappa shape index (κ1) is 20.2. The summed E-state index contributed by atoms with van der Waals surface area (Å²) in [6, 6.07) is 2.85. The quantitative estimate of drug-likeness (QED) is 0.427. The zero-order chi connectivity index (χ0) is 20.4. The van der Waals surface area contributed by atoms with E-state index in [2.05, 4.69) is 10.1 Å². The van der Waals surface area contributed by atoms with Crippen LogP contribution in [0.25, 0.3) is 0 Å². The first-order valence-electron chi connectivity index (χ1n) is 8.21. The number of carbonyl (C=O) groups is 4. The minimum absolute atomic E-state index is 0.116. The molecule has 0 aromatic carbocycles. The smallest absolute Gasteiger partial charge is 0.404 e. The fourth-order valence-electron chi connectivity index (χ4n) is 2.96. The number of nitrogens with one attached hydrogen (secondary N) is 1. The van der Waals surface area contributed by atoms with Crippen molar-refractivity contribution >= 4 is 47.0 Å². The average molecular weight is 426 g/mol. The van der Waals surface area contributed by atoms with Crippen molar-refractivity contribution in [1.29, 1.82) is 0 Å². The van der Waals surface area contributed by atoms with Crippen LogP contribution >= 0.6 is 23.1 Å². The van der Waals surface area contributed by atoms with Gasteiger partial charge in [-0.15, -0.1) is 23.1 Å². The SMILES string of the molecule is NCc1ccc(CC(=O)N[C@@H]2C(=O)N3C(C(=O)O)=C(COC(N)=O)CS[C@@H]23)s1. The average Bonchev–Trinajstić information content (AvgIpc) is 3.10. The van der Waals surface area contributed by atoms with E-state index in [-0.39, 0.29) is 36.0 Å². The predicted octanol–water partition coefficient (Wildman–Crippen LogP) is -0.417. The number of β-lactam (4-membered cyclic amide) rings is 1. The van der Waals surface area contributed by atoms with Gasteiger partial charge in [-0.25, -0.2) is 9.59 Å². The number of thiophene rings is 1. The second-order valence-corrected chi connectivity index (χ2v) is 8.43. The van der Waals surface area contributed by atoms with Gasteiger partial charge in [-0.3, -0.25) is 14.5 Å². The zero-order valence-electron chi connectivity index (χ0n) is 14.5. The van der Waals surface area contributed by atoms with Gasteiger partial charge < -0.3 is 26.6 Å². The van der Waals surface area contributed by atoms with E-state index in [1.807, 2.05) is 12.1 Å². The minimum Gasteiger partial charge on any atom is -0.477 e. The standard InChI is InChI=1S/C16H18N4O6S2/c17-4-9-2-1-8(28-9)3-10(21)19-11-13(22)20-12(15(23)24)7(5-26-16(18)25)6-27-14(11)20/h1-2,11,14H,3-6,17H2,(H2,18,25)(H,19,21)(H,23,24)/t11-,14+/m1/s1. The maximum atomic E-state index is 12.5. The van der Waals surface area contributed by atoms with Crippen LogP contribution in [0.5, 0.6) is 0 Å². The van der Waals surface area contributed by atoms with Crippen LogP contribution in [0.1, 0.15) is 9.75 Å². The van der Waals surface area contributed by atoms with Crippen LogP contribution in [0.2, 0.25) is 0 Å². The Morgan fingerprint density at radius 3 is 2.64 bits per heavy atom. The number of nitrogens with two attached hydrogens (primary N) is 2. The molecule has 10 nitrogen and oxygen atoms in total. The van der Waals surface area contributed by atoms with Crippen LogP contribution in [0.15, 0.2) is 23.4 Å². The van der Waals surface area contributed by atoms with Gasteiger partial charge in [-0.2, -0.15) is 0 Å². The molecular formula is C16H18N4O6S2. The number of amides is 3. The summed E-state index contributed by atoms with van der Waals surface area (Å²) in [5, 5.41) is 11.6. The summed E-state index contributed by atoms with van der Waals surface area (Å²) in [4.78, 5) is 50.1. The third-order valence-corrected chi connectivity index (χ3v) is 6.66. The van der Waals surface area contributed by atoms with Crippen molar-refractivity contribution in [3.8, 4) is 0 Å². The molecule has 1 aromatic heterocycles. The normalized spacial score (nSPS) is 21.0. The largest absolute Gasteiger partial charge is 0.477 e. The van der Waals surface area contributed by atoms with Crippen LogP contribution in [-0.4, -0.2) is 57.7 Å². The number of carboxylic acids is 1. The number of hydrogen-bond acceptors (Lipinski definition) is 8. The topological polar surface area (TPSA) is 165 Å².